The minimum Gasteiger partial charge on any atom is -0.492 e. The van der Waals surface area contributed by atoms with E-state index in [2.05, 4.69) is 15.4 Å². The lowest BCUT2D eigenvalue weighted by Crippen LogP contribution is -2.32. The number of carbonyl (C=O) groups excluding carboxylic acids is 1. The van der Waals surface area contributed by atoms with Crippen LogP contribution in [0.5, 0.6) is 11.5 Å². The second-order valence-corrected chi connectivity index (χ2v) is 5.44. The second-order valence-electron chi connectivity index (χ2n) is 5.00. The zero-order chi connectivity index (χ0) is 19.8. The molecular formula is C16H14ClF2N3O5. The molecule has 0 atom stereocenters. The molecule has 0 heterocycles. The first-order chi connectivity index (χ1) is 12.8. The molecule has 27 heavy (non-hydrogen) atoms. The minimum absolute atomic E-state index is 0.0817. The largest absolute Gasteiger partial charge is 0.492 e. The van der Waals surface area contributed by atoms with Crippen LogP contribution in [0.15, 0.2) is 42.5 Å². The van der Waals surface area contributed by atoms with Gasteiger partial charge in [0.2, 0.25) is 0 Å². The van der Waals surface area contributed by atoms with Crippen molar-refractivity contribution in [3.05, 3.63) is 57.6 Å². The number of hydrogen-bond donors (Lipinski definition) is 2. The van der Waals surface area contributed by atoms with Crippen molar-refractivity contribution in [2.45, 2.75) is 6.61 Å². The van der Waals surface area contributed by atoms with Gasteiger partial charge >= 0.3 is 12.6 Å². The maximum absolute atomic E-state index is 12.4. The lowest BCUT2D eigenvalue weighted by atomic mass is 10.2. The minimum atomic E-state index is -3.15. The number of benzene rings is 2. The number of carbonyl (C=O) groups is 1. The van der Waals surface area contributed by atoms with E-state index in [1.165, 1.54) is 0 Å². The van der Waals surface area contributed by atoms with Gasteiger partial charge in [0.25, 0.3) is 5.69 Å². The van der Waals surface area contributed by atoms with Crippen molar-refractivity contribution in [2.75, 3.05) is 18.5 Å². The van der Waals surface area contributed by atoms with E-state index in [9.17, 15) is 23.7 Å². The summed E-state index contributed by atoms with van der Waals surface area (Å²) in [6, 6.07) is 8.76. The summed E-state index contributed by atoms with van der Waals surface area (Å²) in [5.74, 6) is 0.108. The van der Waals surface area contributed by atoms with E-state index in [4.69, 9.17) is 16.3 Å². The van der Waals surface area contributed by atoms with E-state index in [1.807, 2.05) is 0 Å². The molecule has 0 aliphatic rings. The number of nitrogens with one attached hydrogen (secondary N) is 2. The fourth-order valence-corrected chi connectivity index (χ4v) is 2.16. The number of nitrogens with zero attached hydrogens (tertiary/aromatic N) is 1. The Kier molecular flexibility index (Phi) is 7.12. The number of ether oxygens (including phenoxy) is 2. The second kappa shape index (κ2) is 9.53. The van der Waals surface area contributed by atoms with Crippen molar-refractivity contribution in [3.8, 4) is 11.5 Å². The molecule has 0 aliphatic heterocycles. The molecule has 2 amide bonds. The number of amides is 2. The molecule has 0 spiro atoms. The highest BCUT2D eigenvalue weighted by atomic mass is 35.5. The van der Waals surface area contributed by atoms with Crippen LogP contribution < -0.4 is 20.1 Å². The molecule has 2 rings (SSSR count). The van der Waals surface area contributed by atoms with Crippen LogP contribution in [-0.4, -0.2) is 30.7 Å². The Hall–Kier alpha value is -3.14. The summed E-state index contributed by atoms with van der Waals surface area (Å²) in [5, 5.41) is 16.0. The number of hydrogen-bond acceptors (Lipinski definition) is 5. The van der Waals surface area contributed by atoms with Crippen molar-refractivity contribution in [1.29, 1.82) is 0 Å². The number of nitro benzene ring substituents is 1. The third kappa shape index (κ3) is 6.59. The van der Waals surface area contributed by atoms with Crippen LogP contribution in [0.2, 0.25) is 5.02 Å². The zero-order valence-corrected chi connectivity index (χ0v) is 14.4. The SMILES string of the molecule is O=C(NCCOc1cccc(Cl)c1)Nc1cc([N+](=O)[O-])ccc1OC(F)F. The highest BCUT2D eigenvalue weighted by Gasteiger charge is 2.16. The number of anilines is 1. The first kappa shape index (κ1) is 20.2. The molecule has 0 unspecified atom stereocenters. The summed E-state index contributed by atoms with van der Waals surface area (Å²) >= 11 is 5.81. The maximum Gasteiger partial charge on any atom is 0.387 e. The van der Waals surface area contributed by atoms with Gasteiger partial charge in [0, 0.05) is 17.2 Å². The summed E-state index contributed by atoms with van der Waals surface area (Å²) in [6.45, 7) is -2.96. The number of nitro groups is 1. The molecule has 0 saturated carbocycles. The summed E-state index contributed by atoms with van der Waals surface area (Å²) in [4.78, 5) is 22.0. The average Bonchev–Trinajstić information content (AvgIpc) is 2.60. The van der Waals surface area contributed by atoms with Gasteiger partial charge in [-0.2, -0.15) is 8.78 Å². The Morgan fingerprint density at radius 1 is 1.26 bits per heavy atom. The van der Waals surface area contributed by atoms with E-state index in [-0.39, 0.29) is 18.8 Å². The van der Waals surface area contributed by atoms with Crippen molar-refractivity contribution in [2.24, 2.45) is 0 Å². The van der Waals surface area contributed by atoms with Crippen LogP contribution in [0.3, 0.4) is 0 Å². The summed E-state index contributed by atoms with van der Waals surface area (Å²) in [7, 11) is 0. The van der Waals surface area contributed by atoms with Crippen LogP contribution in [-0.2, 0) is 0 Å². The van der Waals surface area contributed by atoms with Gasteiger partial charge < -0.3 is 20.1 Å². The molecule has 8 nitrogen and oxygen atoms in total. The van der Waals surface area contributed by atoms with Crippen molar-refractivity contribution in [1.82, 2.24) is 5.32 Å². The van der Waals surface area contributed by atoms with Gasteiger partial charge in [-0.1, -0.05) is 17.7 Å². The number of halogens is 3. The lowest BCUT2D eigenvalue weighted by molar-refractivity contribution is -0.384. The molecule has 0 aromatic heterocycles. The monoisotopic (exact) mass is 401 g/mol. The first-order valence-corrected chi connectivity index (χ1v) is 7.89. The summed E-state index contributed by atoms with van der Waals surface area (Å²) in [5.41, 5.74) is -0.658. The topological polar surface area (TPSA) is 103 Å². The summed E-state index contributed by atoms with van der Waals surface area (Å²) in [6.07, 6.45) is 0. The zero-order valence-electron chi connectivity index (χ0n) is 13.7. The predicted molar refractivity (Wildman–Crippen MR) is 93.7 cm³/mol. The molecule has 0 fully saturated rings. The molecule has 0 bridgehead atoms. The number of non-ortho nitro benzene ring substituents is 1. The molecule has 2 aromatic carbocycles. The van der Waals surface area contributed by atoms with Crippen LogP contribution in [0.25, 0.3) is 0 Å². The third-order valence-electron chi connectivity index (χ3n) is 3.09. The van der Waals surface area contributed by atoms with E-state index < -0.39 is 29.0 Å². The molecule has 144 valence electrons. The molecule has 0 radical (unpaired) electrons. The Morgan fingerprint density at radius 2 is 2.04 bits per heavy atom. The molecule has 0 saturated heterocycles. The standard InChI is InChI=1S/C16H14ClF2N3O5/c17-10-2-1-3-12(8-10)26-7-6-20-16(23)21-13-9-11(22(24)25)4-5-14(13)27-15(18)19/h1-5,8-9,15H,6-7H2,(H2,20,21,23). The molecule has 0 aliphatic carbocycles. The van der Waals surface area contributed by atoms with Crippen LogP contribution in [0.4, 0.5) is 25.0 Å². The van der Waals surface area contributed by atoms with Crippen molar-refractivity contribution >= 4 is 29.0 Å². The van der Waals surface area contributed by atoms with E-state index in [0.29, 0.717) is 10.8 Å². The van der Waals surface area contributed by atoms with Gasteiger partial charge in [0.15, 0.2) is 0 Å². The Labute approximate surface area is 157 Å². The van der Waals surface area contributed by atoms with Crippen LogP contribution in [0.1, 0.15) is 0 Å². The van der Waals surface area contributed by atoms with E-state index in [0.717, 1.165) is 18.2 Å². The normalized spacial score (nSPS) is 10.4. The fourth-order valence-electron chi connectivity index (χ4n) is 1.98. The fraction of sp³-hybridized carbons (Fsp3) is 0.188. The van der Waals surface area contributed by atoms with Crippen LogP contribution >= 0.6 is 11.6 Å². The van der Waals surface area contributed by atoms with Gasteiger partial charge in [-0.15, -0.1) is 0 Å². The highest BCUT2D eigenvalue weighted by Crippen LogP contribution is 2.30. The molecule has 11 heteroatoms. The number of urea groups is 1. The van der Waals surface area contributed by atoms with E-state index >= 15 is 0 Å². The Morgan fingerprint density at radius 3 is 2.70 bits per heavy atom. The highest BCUT2D eigenvalue weighted by molar-refractivity contribution is 6.30. The van der Waals surface area contributed by atoms with Gasteiger partial charge in [0.05, 0.1) is 17.2 Å². The molecule has 2 aromatic rings. The van der Waals surface area contributed by atoms with Crippen molar-refractivity contribution in [3.63, 3.8) is 0 Å². The van der Waals surface area contributed by atoms with Gasteiger partial charge in [0.1, 0.15) is 18.1 Å². The van der Waals surface area contributed by atoms with Gasteiger partial charge in [-0.05, 0) is 24.3 Å². The quantitative estimate of drug-likeness (QED) is 0.394. The predicted octanol–water partition coefficient (Wildman–Crippen LogP) is 4.05. The molecular weight excluding hydrogens is 388 g/mol. The lowest BCUT2D eigenvalue weighted by Gasteiger charge is -2.13. The smallest absolute Gasteiger partial charge is 0.387 e. The van der Waals surface area contributed by atoms with Gasteiger partial charge in [-0.25, -0.2) is 4.79 Å². The third-order valence-corrected chi connectivity index (χ3v) is 3.33. The first-order valence-electron chi connectivity index (χ1n) is 7.51. The maximum atomic E-state index is 12.4. The number of rotatable bonds is 8. The van der Waals surface area contributed by atoms with Gasteiger partial charge in [-0.3, -0.25) is 10.1 Å². The summed E-state index contributed by atoms with van der Waals surface area (Å²) < 4.78 is 34.5. The van der Waals surface area contributed by atoms with Crippen molar-refractivity contribution < 1.29 is 28.0 Å². The Bertz CT molecular complexity index is 822. The Balaban J connectivity index is 1.91. The average molecular weight is 402 g/mol. The molecule has 2 N–H and O–H groups in total. The van der Waals surface area contributed by atoms with E-state index in [1.54, 1.807) is 24.3 Å². The van der Waals surface area contributed by atoms with Crippen LogP contribution in [0, 0.1) is 10.1 Å². The number of alkyl halides is 2.